The monoisotopic (exact) mass is 257 g/mol. The molecule has 0 radical (unpaired) electrons. The number of ether oxygens (including phenoxy) is 1. The zero-order valence-corrected chi connectivity index (χ0v) is 11.4. The standard InChI is InChI=1S/C15H19N3O/c1-3-10-16-14-13(4-2)15(18-11-17-14)19-12-8-6-5-7-9-12/h5-9,11H,3-4,10H2,1-2H3,(H,16,17,18). The van der Waals surface area contributed by atoms with Crippen LogP contribution in [0.3, 0.4) is 0 Å². The summed E-state index contributed by atoms with van der Waals surface area (Å²) in [7, 11) is 0. The second-order valence-electron chi connectivity index (χ2n) is 4.20. The molecule has 1 aromatic heterocycles. The van der Waals surface area contributed by atoms with Crippen LogP contribution in [0.2, 0.25) is 0 Å². The second kappa shape index (κ2) is 6.73. The van der Waals surface area contributed by atoms with Crippen molar-refractivity contribution in [3.05, 3.63) is 42.2 Å². The van der Waals surface area contributed by atoms with E-state index in [1.807, 2.05) is 30.3 Å². The summed E-state index contributed by atoms with van der Waals surface area (Å²) in [4.78, 5) is 8.53. The minimum atomic E-state index is 0.627. The maximum Gasteiger partial charge on any atom is 0.227 e. The molecule has 19 heavy (non-hydrogen) atoms. The zero-order chi connectivity index (χ0) is 13.5. The van der Waals surface area contributed by atoms with Gasteiger partial charge < -0.3 is 10.1 Å². The van der Waals surface area contributed by atoms with Gasteiger partial charge in [0.25, 0.3) is 0 Å². The first-order valence-corrected chi connectivity index (χ1v) is 6.65. The lowest BCUT2D eigenvalue weighted by molar-refractivity contribution is 0.455. The Morgan fingerprint density at radius 3 is 2.58 bits per heavy atom. The van der Waals surface area contributed by atoms with Crippen LogP contribution in [-0.4, -0.2) is 16.5 Å². The molecule has 0 aliphatic carbocycles. The highest BCUT2D eigenvalue weighted by Gasteiger charge is 2.11. The van der Waals surface area contributed by atoms with Gasteiger partial charge in [0.1, 0.15) is 17.9 Å². The molecule has 0 saturated carbocycles. The van der Waals surface area contributed by atoms with Gasteiger partial charge in [-0.2, -0.15) is 0 Å². The fourth-order valence-electron chi connectivity index (χ4n) is 1.80. The largest absolute Gasteiger partial charge is 0.439 e. The van der Waals surface area contributed by atoms with Crippen LogP contribution in [0.25, 0.3) is 0 Å². The average molecular weight is 257 g/mol. The number of rotatable bonds is 6. The Hall–Kier alpha value is -2.10. The summed E-state index contributed by atoms with van der Waals surface area (Å²) in [6.45, 7) is 5.10. The number of hydrogen-bond donors (Lipinski definition) is 1. The topological polar surface area (TPSA) is 47.0 Å². The number of benzene rings is 1. The molecule has 0 bridgehead atoms. The number of nitrogens with one attached hydrogen (secondary N) is 1. The normalized spacial score (nSPS) is 10.2. The summed E-state index contributed by atoms with van der Waals surface area (Å²) in [6, 6.07) is 9.68. The Bertz CT molecular complexity index is 514. The van der Waals surface area contributed by atoms with Crippen molar-refractivity contribution in [3.8, 4) is 11.6 Å². The van der Waals surface area contributed by atoms with Gasteiger partial charge in [0, 0.05) is 6.54 Å². The quantitative estimate of drug-likeness (QED) is 0.858. The molecule has 1 heterocycles. The SMILES string of the molecule is CCCNc1ncnc(Oc2ccccc2)c1CC. The van der Waals surface area contributed by atoms with Crippen molar-refractivity contribution in [2.75, 3.05) is 11.9 Å². The minimum absolute atomic E-state index is 0.627. The van der Waals surface area contributed by atoms with Crippen molar-refractivity contribution >= 4 is 5.82 Å². The molecular formula is C15H19N3O. The van der Waals surface area contributed by atoms with E-state index >= 15 is 0 Å². The molecular weight excluding hydrogens is 238 g/mol. The summed E-state index contributed by atoms with van der Waals surface area (Å²) in [5.41, 5.74) is 1.01. The van der Waals surface area contributed by atoms with Crippen molar-refractivity contribution in [2.24, 2.45) is 0 Å². The molecule has 0 atom stereocenters. The highest BCUT2D eigenvalue weighted by molar-refractivity contribution is 5.49. The Morgan fingerprint density at radius 1 is 1.11 bits per heavy atom. The highest BCUT2D eigenvalue weighted by Crippen LogP contribution is 2.27. The molecule has 0 unspecified atom stereocenters. The molecule has 0 spiro atoms. The van der Waals surface area contributed by atoms with Gasteiger partial charge in [0.2, 0.25) is 5.88 Å². The van der Waals surface area contributed by atoms with Gasteiger partial charge in [-0.3, -0.25) is 0 Å². The van der Waals surface area contributed by atoms with Crippen LogP contribution >= 0.6 is 0 Å². The summed E-state index contributed by atoms with van der Waals surface area (Å²) in [5, 5.41) is 3.31. The van der Waals surface area contributed by atoms with Gasteiger partial charge >= 0.3 is 0 Å². The number of nitrogens with zero attached hydrogens (tertiary/aromatic N) is 2. The molecule has 100 valence electrons. The van der Waals surface area contributed by atoms with E-state index in [-0.39, 0.29) is 0 Å². The molecule has 2 rings (SSSR count). The molecule has 4 nitrogen and oxygen atoms in total. The van der Waals surface area contributed by atoms with E-state index in [0.717, 1.165) is 36.5 Å². The molecule has 1 aromatic carbocycles. The predicted octanol–water partition coefficient (Wildman–Crippen LogP) is 3.65. The van der Waals surface area contributed by atoms with Gasteiger partial charge in [-0.05, 0) is 25.0 Å². The predicted molar refractivity (Wildman–Crippen MR) is 76.7 cm³/mol. The number of aromatic nitrogens is 2. The first kappa shape index (κ1) is 13.3. The van der Waals surface area contributed by atoms with E-state index in [4.69, 9.17) is 4.74 Å². The summed E-state index contributed by atoms with van der Waals surface area (Å²) < 4.78 is 5.83. The van der Waals surface area contributed by atoms with Crippen molar-refractivity contribution in [1.29, 1.82) is 0 Å². The number of para-hydroxylation sites is 1. The minimum Gasteiger partial charge on any atom is -0.439 e. The molecule has 2 aromatic rings. The lowest BCUT2D eigenvalue weighted by Crippen LogP contribution is -2.07. The zero-order valence-electron chi connectivity index (χ0n) is 11.4. The summed E-state index contributed by atoms with van der Waals surface area (Å²) in [5.74, 6) is 2.28. The molecule has 0 aliphatic rings. The van der Waals surface area contributed by atoms with Gasteiger partial charge in [-0.1, -0.05) is 32.0 Å². The Kier molecular flexibility index (Phi) is 4.72. The van der Waals surface area contributed by atoms with Crippen molar-refractivity contribution in [3.63, 3.8) is 0 Å². The fraction of sp³-hybridized carbons (Fsp3) is 0.333. The lowest BCUT2D eigenvalue weighted by atomic mass is 10.2. The first-order chi connectivity index (χ1) is 9.35. The molecule has 4 heteroatoms. The summed E-state index contributed by atoms with van der Waals surface area (Å²) in [6.07, 6.45) is 3.42. The lowest BCUT2D eigenvalue weighted by Gasteiger charge is -2.13. The van der Waals surface area contributed by atoms with Crippen molar-refractivity contribution in [1.82, 2.24) is 9.97 Å². The fourth-order valence-corrected chi connectivity index (χ4v) is 1.80. The van der Waals surface area contributed by atoms with Crippen LogP contribution in [-0.2, 0) is 6.42 Å². The Labute approximate surface area is 113 Å². The molecule has 0 amide bonds. The van der Waals surface area contributed by atoms with E-state index in [9.17, 15) is 0 Å². The average Bonchev–Trinajstić information content (AvgIpc) is 2.46. The van der Waals surface area contributed by atoms with Gasteiger partial charge in [0.15, 0.2) is 0 Å². The van der Waals surface area contributed by atoms with Crippen LogP contribution in [0, 0.1) is 0 Å². The third-order valence-corrected chi connectivity index (χ3v) is 2.76. The molecule has 0 saturated heterocycles. The first-order valence-electron chi connectivity index (χ1n) is 6.65. The van der Waals surface area contributed by atoms with Crippen LogP contribution in [0.1, 0.15) is 25.8 Å². The van der Waals surface area contributed by atoms with E-state index in [0.29, 0.717) is 5.88 Å². The second-order valence-corrected chi connectivity index (χ2v) is 4.20. The van der Waals surface area contributed by atoms with E-state index in [1.54, 1.807) is 0 Å². The Balaban J connectivity index is 2.24. The summed E-state index contributed by atoms with van der Waals surface area (Å²) >= 11 is 0. The molecule has 0 fully saturated rings. The van der Waals surface area contributed by atoms with Crippen LogP contribution in [0.5, 0.6) is 11.6 Å². The van der Waals surface area contributed by atoms with E-state index in [1.165, 1.54) is 6.33 Å². The number of hydrogen-bond acceptors (Lipinski definition) is 4. The van der Waals surface area contributed by atoms with Crippen molar-refractivity contribution < 1.29 is 4.74 Å². The number of anilines is 1. The third kappa shape index (κ3) is 3.44. The highest BCUT2D eigenvalue weighted by atomic mass is 16.5. The van der Waals surface area contributed by atoms with Crippen LogP contribution in [0.4, 0.5) is 5.82 Å². The smallest absolute Gasteiger partial charge is 0.227 e. The Morgan fingerprint density at radius 2 is 1.89 bits per heavy atom. The third-order valence-electron chi connectivity index (χ3n) is 2.76. The van der Waals surface area contributed by atoms with Crippen LogP contribution < -0.4 is 10.1 Å². The van der Waals surface area contributed by atoms with Gasteiger partial charge in [-0.15, -0.1) is 0 Å². The maximum absolute atomic E-state index is 5.83. The molecule has 1 N–H and O–H groups in total. The molecule has 0 aliphatic heterocycles. The van der Waals surface area contributed by atoms with E-state index < -0.39 is 0 Å². The van der Waals surface area contributed by atoms with Gasteiger partial charge in [0.05, 0.1) is 5.56 Å². The van der Waals surface area contributed by atoms with Gasteiger partial charge in [-0.25, -0.2) is 9.97 Å². The van der Waals surface area contributed by atoms with E-state index in [2.05, 4.69) is 29.1 Å². The maximum atomic E-state index is 5.83. The van der Waals surface area contributed by atoms with Crippen LogP contribution in [0.15, 0.2) is 36.7 Å². The van der Waals surface area contributed by atoms with Crippen molar-refractivity contribution in [2.45, 2.75) is 26.7 Å².